The normalized spacial score (nSPS) is 11.0. The maximum Gasteiger partial charge on any atom is 0.0811 e. The van der Waals surface area contributed by atoms with Crippen LogP contribution in [0, 0.1) is 4.91 Å². The summed E-state index contributed by atoms with van der Waals surface area (Å²) in [6, 6.07) is 0. The van der Waals surface area contributed by atoms with Crippen molar-refractivity contribution in [2.45, 2.75) is 64.7 Å². The van der Waals surface area contributed by atoms with Crippen molar-refractivity contribution >= 4 is 0 Å². The van der Waals surface area contributed by atoms with Crippen molar-refractivity contribution in [1.29, 1.82) is 0 Å². The van der Waals surface area contributed by atoms with Crippen LogP contribution >= 0.6 is 0 Å². The van der Waals surface area contributed by atoms with Crippen molar-refractivity contribution in [2.75, 3.05) is 6.54 Å². The van der Waals surface area contributed by atoms with Crippen molar-refractivity contribution in [2.24, 2.45) is 5.18 Å². The standard InChI is InChI=1S/C13H25NO/c1-2-3-4-5-6-7-8-9-10-11-12-13-14-15/h5-6H,2-4,7-13H2,1H3/b6-5-. The van der Waals surface area contributed by atoms with Crippen molar-refractivity contribution in [1.82, 2.24) is 0 Å². The topological polar surface area (TPSA) is 29.4 Å². The van der Waals surface area contributed by atoms with Crippen LogP contribution in [-0.2, 0) is 0 Å². The number of unbranched alkanes of at least 4 members (excludes halogenated alkanes) is 7. The van der Waals surface area contributed by atoms with Gasteiger partial charge in [-0.05, 0) is 25.7 Å². The highest BCUT2D eigenvalue weighted by Crippen LogP contribution is 2.06. The second-order valence-corrected chi connectivity index (χ2v) is 4.02. The molecule has 15 heavy (non-hydrogen) atoms. The Kier molecular flexibility index (Phi) is 12.8. The highest BCUT2D eigenvalue weighted by atomic mass is 16.3. The minimum Gasteiger partial charge on any atom is -0.151 e. The van der Waals surface area contributed by atoms with E-state index >= 15 is 0 Å². The lowest BCUT2D eigenvalue weighted by Crippen LogP contribution is -1.81. The molecule has 0 heterocycles. The molecule has 0 aliphatic rings. The Hall–Kier alpha value is -0.660. The Morgan fingerprint density at radius 3 is 2.13 bits per heavy atom. The summed E-state index contributed by atoms with van der Waals surface area (Å²) >= 11 is 0. The van der Waals surface area contributed by atoms with Gasteiger partial charge in [0, 0.05) is 0 Å². The van der Waals surface area contributed by atoms with E-state index in [2.05, 4.69) is 24.3 Å². The summed E-state index contributed by atoms with van der Waals surface area (Å²) in [5, 5.41) is 2.85. The summed E-state index contributed by atoms with van der Waals surface area (Å²) in [6.45, 7) is 2.72. The number of hydrogen-bond donors (Lipinski definition) is 0. The van der Waals surface area contributed by atoms with Crippen molar-refractivity contribution < 1.29 is 0 Å². The van der Waals surface area contributed by atoms with Crippen LogP contribution in [0.5, 0.6) is 0 Å². The zero-order valence-corrected chi connectivity index (χ0v) is 10.1. The molecule has 88 valence electrons. The lowest BCUT2D eigenvalue weighted by Gasteiger charge is -1.97. The van der Waals surface area contributed by atoms with Gasteiger partial charge in [0.1, 0.15) is 0 Å². The first-order valence-electron chi connectivity index (χ1n) is 6.36. The van der Waals surface area contributed by atoms with E-state index < -0.39 is 0 Å². The third kappa shape index (κ3) is 13.3. The van der Waals surface area contributed by atoms with Crippen LogP contribution in [0.25, 0.3) is 0 Å². The van der Waals surface area contributed by atoms with Crippen LogP contribution in [0.4, 0.5) is 0 Å². The highest BCUT2D eigenvalue weighted by Gasteiger charge is 1.89. The second kappa shape index (κ2) is 13.3. The van der Waals surface area contributed by atoms with Gasteiger partial charge in [-0.2, -0.15) is 4.91 Å². The number of nitrogens with zero attached hydrogens (tertiary/aromatic N) is 1. The molecule has 0 atom stereocenters. The third-order valence-electron chi connectivity index (χ3n) is 2.51. The fraction of sp³-hybridized carbons (Fsp3) is 0.846. The fourth-order valence-electron chi connectivity index (χ4n) is 1.53. The molecule has 0 aromatic carbocycles. The highest BCUT2D eigenvalue weighted by molar-refractivity contribution is 4.81. The van der Waals surface area contributed by atoms with Crippen LogP contribution in [0.3, 0.4) is 0 Å². The minimum absolute atomic E-state index is 0.497. The molecular weight excluding hydrogens is 186 g/mol. The zero-order chi connectivity index (χ0) is 11.2. The fourth-order valence-corrected chi connectivity index (χ4v) is 1.53. The molecule has 0 aromatic heterocycles. The van der Waals surface area contributed by atoms with Gasteiger partial charge >= 0.3 is 0 Å². The first-order valence-corrected chi connectivity index (χ1v) is 6.36. The van der Waals surface area contributed by atoms with Gasteiger partial charge in [-0.3, -0.25) is 0 Å². The second-order valence-electron chi connectivity index (χ2n) is 4.02. The van der Waals surface area contributed by atoms with Crippen molar-refractivity contribution in [3.8, 4) is 0 Å². The summed E-state index contributed by atoms with van der Waals surface area (Å²) in [6.07, 6.45) is 15.6. The molecule has 0 aliphatic carbocycles. The molecule has 0 bridgehead atoms. The van der Waals surface area contributed by atoms with E-state index in [4.69, 9.17) is 0 Å². The Morgan fingerprint density at radius 1 is 0.867 bits per heavy atom. The summed E-state index contributed by atoms with van der Waals surface area (Å²) in [5.41, 5.74) is 0. The molecule has 0 N–H and O–H groups in total. The lowest BCUT2D eigenvalue weighted by atomic mass is 10.1. The molecule has 0 fully saturated rings. The van der Waals surface area contributed by atoms with E-state index in [1.54, 1.807) is 0 Å². The molecule has 0 spiro atoms. The summed E-state index contributed by atoms with van der Waals surface area (Å²) in [7, 11) is 0. The molecule has 0 rings (SSSR count). The van der Waals surface area contributed by atoms with Gasteiger partial charge in [-0.1, -0.05) is 56.4 Å². The van der Waals surface area contributed by atoms with E-state index in [0.717, 1.165) is 12.8 Å². The summed E-state index contributed by atoms with van der Waals surface area (Å²) in [5.74, 6) is 0. The van der Waals surface area contributed by atoms with Crippen LogP contribution in [-0.4, -0.2) is 6.54 Å². The zero-order valence-electron chi connectivity index (χ0n) is 10.1. The van der Waals surface area contributed by atoms with Crippen LogP contribution in [0.15, 0.2) is 17.3 Å². The molecule has 0 aromatic rings. The lowest BCUT2D eigenvalue weighted by molar-refractivity contribution is 0.622. The molecule has 0 amide bonds. The molecule has 0 saturated heterocycles. The van der Waals surface area contributed by atoms with Gasteiger partial charge in [0.05, 0.1) is 6.54 Å². The smallest absolute Gasteiger partial charge is 0.0811 e. The van der Waals surface area contributed by atoms with E-state index in [1.165, 1.54) is 44.9 Å². The Morgan fingerprint density at radius 2 is 1.47 bits per heavy atom. The number of rotatable bonds is 11. The Labute approximate surface area is 94.1 Å². The number of hydrogen-bond acceptors (Lipinski definition) is 2. The maximum absolute atomic E-state index is 9.81. The summed E-state index contributed by atoms with van der Waals surface area (Å²) < 4.78 is 0. The first-order chi connectivity index (χ1) is 7.41. The number of allylic oxidation sites excluding steroid dienone is 2. The first kappa shape index (κ1) is 14.3. The van der Waals surface area contributed by atoms with Gasteiger partial charge in [0.25, 0.3) is 0 Å². The molecule has 0 aliphatic heterocycles. The average molecular weight is 211 g/mol. The predicted molar refractivity (Wildman–Crippen MR) is 67.0 cm³/mol. The van der Waals surface area contributed by atoms with E-state index in [1.807, 2.05) is 0 Å². The minimum atomic E-state index is 0.497. The van der Waals surface area contributed by atoms with Crippen molar-refractivity contribution in [3.63, 3.8) is 0 Å². The maximum atomic E-state index is 9.81. The van der Waals surface area contributed by atoms with E-state index in [0.29, 0.717) is 6.54 Å². The van der Waals surface area contributed by atoms with Gasteiger partial charge in [-0.15, -0.1) is 0 Å². The monoisotopic (exact) mass is 211 g/mol. The van der Waals surface area contributed by atoms with E-state index in [-0.39, 0.29) is 0 Å². The van der Waals surface area contributed by atoms with Crippen molar-refractivity contribution in [3.05, 3.63) is 17.1 Å². The van der Waals surface area contributed by atoms with Crippen LogP contribution < -0.4 is 0 Å². The largest absolute Gasteiger partial charge is 0.151 e. The molecule has 0 radical (unpaired) electrons. The molecule has 0 unspecified atom stereocenters. The van der Waals surface area contributed by atoms with Gasteiger partial charge in [0.2, 0.25) is 0 Å². The quantitative estimate of drug-likeness (QED) is 0.273. The molecule has 2 heteroatoms. The third-order valence-corrected chi connectivity index (χ3v) is 2.51. The van der Waals surface area contributed by atoms with Crippen LogP contribution in [0.2, 0.25) is 0 Å². The van der Waals surface area contributed by atoms with Gasteiger partial charge in [-0.25, -0.2) is 0 Å². The Bertz CT molecular complexity index is 155. The molecule has 2 nitrogen and oxygen atoms in total. The van der Waals surface area contributed by atoms with E-state index in [9.17, 15) is 4.91 Å². The average Bonchev–Trinajstić information content (AvgIpc) is 2.26. The Balaban J connectivity index is 2.97. The van der Waals surface area contributed by atoms with Gasteiger partial charge < -0.3 is 0 Å². The van der Waals surface area contributed by atoms with Gasteiger partial charge in [0.15, 0.2) is 0 Å². The molecular formula is C13H25NO. The molecule has 0 saturated carbocycles. The number of nitroso groups, excluding NO2 is 1. The summed E-state index contributed by atoms with van der Waals surface area (Å²) in [4.78, 5) is 9.81. The van der Waals surface area contributed by atoms with Crippen LogP contribution in [0.1, 0.15) is 64.7 Å². The SMILES string of the molecule is CCCC/C=C\CCCCCCCN=O. The predicted octanol–water partition coefficient (Wildman–Crippen LogP) is 4.84.